The molecule has 4 aromatic heterocycles. The minimum absolute atomic E-state index is 0.601. The smallest absolute Gasteiger partial charge is 0.164 e. The third-order valence-electron chi connectivity index (χ3n) is 9.13. The molecule has 0 aliphatic rings. The molecule has 0 radical (unpaired) electrons. The van der Waals surface area contributed by atoms with Crippen molar-refractivity contribution in [3.63, 3.8) is 0 Å². The Bertz CT molecular complexity index is 2640. The van der Waals surface area contributed by atoms with Crippen molar-refractivity contribution in [2.24, 2.45) is 0 Å². The summed E-state index contributed by atoms with van der Waals surface area (Å²) in [7, 11) is 0. The molecule has 0 aliphatic heterocycles. The summed E-state index contributed by atoms with van der Waals surface area (Å²) in [5, 5.41) is 2.17. The van der Waals surface area contributed by atoms with Gasteiger partial charge >= 0.3 is 0 Å². The zero-order chi connectivity index (χ0) is 34.1. The van der Waals surface area contributed by atoms with Crippen molar-refractivity contribution in [3.8, 4) is 67.8 Å². The molecule has 0 atom stereocenters. The van der Waals surface area contributed by atoms with Crippen molar-refractivity contribution >= 4 is 21.8 Å². The van der Waals surface area contributed by atoms with Crippen LogP contribution in [0.5, 0.6) is 0 Å². The predicted molar refractivity (Wildman–Crippen MR) is 206 cm³/mol. The second-order valence-corrected chi connectivity index (χ2v) is 12.5. The number of aryl methyl sites for hydroxylation is 1. The summed E-state index contributed by atoms with van der Waals surface area (Å²) in [5.74, 6) is 1.83. The van der Waals surface area contributed by atoms with Gasteiger partial charge in [0.05, 0.1) is 22.4 Å². The first kappa shape index (κ1) is 30.2. The van der Waals surface area contributed by atoms with Crippen molar-refractivity contribution in [2.45, 2.75) is 6.92 Å². The van der Waals surface area contributed by atoms with E-state index in [-0.39, 0.29) is 0 Å². The number of rotatable bonds is 6. The monoisotopic (exact) mass is 654 g/mol. The number of hydrogen-bond donors (Lipinski definition) is 0. The molecule has 0 unspecified atom stereocenters. The molecule has 0 amide bonds. The summed E-state index contributed by atoms with van der Waals surface area (Å²) in [6.07, 6.45) is 3.50. The molecular weight excluding hydrogens is 625 g/mol. The molecule has 0 saturated heterocycles. The van der Waals surface area contributed by atoms with E-state index >= 15 is 0 Å². The van der Waals surface area contributed by atoms with Crippen LogP contribution < -0.4 is 0 Å². The summed E-state index contributed by atoms with van der Waals surface area (Å²) in [4.78, 5) is 29.2. The Morgan fingerprint density at radius 3 is 1.59 bits per heavy atom. The molecule has 0 fully saturated rings. The van der Waals surface area contributed by atoms with E-state index in [0.717, 1.165) is 72.1 Å². The Kier molecular flexibility index (Phi) is 7.59. The van der Waals surface area contributed by atoms with Crippen molar-refractivity contribution in [3.05, 3.63) is 170 Å². The van der Waals surface area contributed by atoms with E-state index in [1.807, 2.05) is 72.8 Å². The Balaban J connectivity index is 1.12. The quantitative estimate of drug-likeness (QED) is 0.166. The highest BCUT2D eigenvalue weighted by Gasteiger charge is 2.14. The Morgan fingerprint density at radius 2 is 0.882 bits per heavy atom. The van der Waals surface area contributed by atoms with Crippen LogP contribution in [-0.4, -0.2) is 29.9 Å². The van der Waals surface area contributed by atoms with Crippen LogP contribution in [0, 0.1) is 6.92 Å². The van der Waals surface area contributed by atoms with Crippen LogP contribution >= 0.6 is 0 Å². The average Bonchev–Trinajstić information content (AvgIpc) is 3.21. The second kappa shape index (κ2) is 12.8. The second-order valence-electron chi connectivity index (χ2n) is 12.5. The lowest BCUT2D eigenvalue weighted by atomic mass is 9.99. The summed E-state index contributed by atoms with van der Waals surface area (Å²) in [6, 6.07) is 51.7. The van der Waals surface area contributed by atoms with E-state index in [2.05, 4.69) is 90.8 Å². The van der Waals surface area contributed by atoms with Crippen LogP contribution in [0.2, 0.25) is 0 Å². The van der Waals surface area contributed by atoms with Crippen LogP contribution in [0.4, 0.5) is 0 Å². The van der Waals surface area contributed by atoms with Gasteiger partial charge in [0.15, 0.2) is 17.5 Å². The lowest BCUT2D eigenvalue weighted by Crippen LogP contribution is -2.00. The normalized spacial score (nSPS) is 11.2. The van der Waals surface area contributed by atoms with E-state index < -0.39 is 0 Å². The average molecular weight is 655 g/mol. The van der Waals surface area contributed by atoms with E-state index in [1.54, 1.807) is 12.4 Å². The SMILES string of the molecule is Cc1cc(-c2ccccc2)nc2c1ccc1ccc(-c3cccc(-c4cccc(-c5nc(-c6ccccc6)nc(-c6ccncc6)n5)c4)c3)nc12. The molecule has 0 bridgehead atoms. The van der Waals surface area contributed by atoms with Crippen LogP contribution in [0.15, 0.2) is 164 Å². The number of benzene rings is 5. The Hall–Kier alpha value is -6.92. The van der Waals surface area contributed by atoms with Gasteiger partial charge in [-0.15, -0.1) is 0 Å². The lowest BCUT2D eigenvalue weighted by Gasteiger charge is -2.11. The first-order chi connectivity index (χ1) is 25.2. The van der Waals surface area contributed by atoms with E-state index in [0.29, 0.717) is 17.5 Å². The molecule has 0 aliphatic carbocycles. The topological polar surface area (TPSA) is 77.3 Å². The number of aromatic nitrogens is 6. The van der Waals surface area contributed by atoms with Crippen molar-refractivity contribution in [2.75, 3.05) is 0 Å². The fourth-order valence-corrected chi connectivity index (χ4v) is 6.51. The van der Waals surface area contributed by atoms with Gasteiger partial charge in [0.25, 0.3) is 0 Å². The van der Waals surface area contributed by atoms with Crippen LogP contribution in [0.1, 0.15) is 5.56 Å². The van der Waals surface area contributed by atoms with E-state index in [4.69, 9.17) is 24.9 Å². The number of nitrogens with zero attached hydrogens (tertiary/aromatic N) is 6. The van der Waals surface area contributed by atoms with Crippen LogP contribution in [0.25, 0.3) is 89.6 Å². The molecule has 0 saturated carbocycles. The summed E-state index contributed by atoms with van der Waals surface area (Å²) in [6.45, 7) is 2.14. The van der Waals surface area contributed by atoms with Gasteiger partial charge in [0, 0.05) is 51.0 Å². The molecule has 0 N–H and O–H groups in total. The molecule has 9 rings (SSSR count). The molecule has 51 heavy (non-hydrogen) atoms. The van der Waals surface area contributed by atoms with Crippen molar-refractivity contribution in [1.82, 2.24) is 29.9 Å². The molecule has 0 spiro atoms. The maximum atomic E-state index is 5.23. The Labute approximate surface area is 295 Å². The maximum Gasteiger partial charge on any atom is 0.164 e. The molecule has 4 heterocycles. The van der Waals surface area contributed by atoms with Gasteiger partial charge < -0.3 is 0 Å². The first-order valence-corrected chi connectivity index (χ1v) is 16.9. The minimum Gasteiger partial charge on any atom is -0.265 e. The van der Waals surface area contributed by atoms with Gasteiger partial charge in [0.1, 0.15) is 0 Å². The number of pyridine rings is 3. The third kappa shape index (κ3) is 5.89. The molecular formula is C45H30N6. The number of fused-ring (bicyclic) bond motifs is 3. The largest absolute Gasteiger partial charge is 0.265 e. The maximum absolute atomic E-state index is 5.23. The highest BCUT2D eigenvalue weighted by atomic mass is 15.0. The zero-order valence-electron chi connectivity index (χ0n) is 27.8. The zero-order valence-corrected chi connectivity index (χ0v) is 27.8. The standard InChI is InChI=1S/C45H30N6/c1-29-26-40(30-10-4-2-5-11-30)48-42-38(29)20-18-31-19-21-39(47-41(31)42)36-16-8-14-34(27-36)35-15-9-17-37(28-35)45-50-43(32-12-6-3-7-13-32)49-44(51-45)33-22-24-46-25-23-33/h2-28H,1H3. The summed E-state index contributed by atoms with van der Waals surface area (Å²) >= 11 is 0. The van der Waals surface area contributed by atoms with Crippen molar-refractivity contribution < 1.29 is 0 Å². The van der Waals surface area contributed by atoms with E-state index in [1.165, 1.54) is 5.56 Å². The third-order valence-corrected chi connectivity index (χ3v) is 9.13. The highest BCUT2D eigenvalue weighted by molar-refractivity contribution is 6.05. The van der Waals surface area contributed by atoms with Crippen LogP contribution in [-0.2, 0) is 0 Å². The van der Waals surface area contributed by atoms with E-state index in [9.17, 15) is 0 Å². The molecule has 240 valence electrons. The minimum atomic E-state index is 0.601. The first-order valence-electron chi connectivity index (χ1n) is 16.9. The number of hydrogen-bond acceptors (Lipinski definition) is 6. The fraction of sp³-hybridized carbons (Fsp3) is 0.0222. The van der Waals surface area contributed by atoms with Gasteiger partial charge in [-0.2, -0.15) is 0 Å². The molecule has 6 heteroatoms. The van der Waals surface area contributed by atoms with Crippen molar-refractivity contribution in [1.29, 1.82) is 0 Å². The van der Waals surface area contributed by atoms with Crippen LogP contribution in [0.3, 0.4) is 0 Å². The Morgan fingerprint density at radius 1 is 0.353 bits per heavy atom. The highest BCUT2D eigenvalue weighted by Crippen LogP contribution is 2.33. The van der Waals surface area contributed by atoms with Gasteiger partial charge in [0.2, 0.25) is 0 Å². The molecule has 9 aromatic rings. The summed E-state index contributed by atoms with van der Waals surface area (Å²) < 4.78 is 0. The lowest BCUT2D eigenvalue weighted by molar-refractivity contribution is 1.07. The van der Waals surface area contributed by atoms with Gasteiger partial charge in [-0.3, -0.25) is 4.98 Å². The molecule has 6 nitrogen and oxygen atoms in total. The summed E-state index contributed by atoms with van der Waals surface area (Å²) in [5.41, 5.74) is 11.8. The predicted octanol–water partition coefficient (Wildman–Crippen LogP) is 10.7. The molecule has 5 aromatic carbocycles. The van der Waals surface area contributed by atoms with Gasteiger partial charge in [-0.05, 0) is 60.0 Å². The fourth-order valence-electron chi connectivity index (χ4n) is 6.51. The van der Waals surface area contributed by atoms with Gasteiger partial charge in [-0.25, -0.2) is 24.9 Å². The van der Waals surface area contributed by atoms with Gasteiger partial charge in [-0.1, -0.05) is 115 Å².